The van der Waals surface area contributed by atoms with Crippen molar-refractivity contribution in [1.29, 1.82) is 0 Å². The monoisotopic (exact) mass is 613 g/mol. The lowest BCUT2D eigenvalue weighted by Gasteiger charge is -2.27. The Morgan fingerprint density at radius 2 is 1.32 bits per heavy atom. The number of carbonyl (C=O) groups excluding carboxylic acids is 3. The topological polar surface area (TPSA) is 84.5 Å². The molecular formula is C37H46N2O4P+. The normalized spacial score (nSPS) is 12.0. The number of hydrogen-bond acceptors (Lipinski definition) is 4. The lowest BCUT2D eigenvalue weighted by molar-refractivity contribution is -0.128. The van der Waals surface area contributed by atoms with Gasteiger partial charge in [-0.1, -0.05) is 54.6 Å². The Balaban J connectivity index is 1.67. The molecule has 1 atom stereocenters. The molecule has 3 aromatic carbocycles. The molecule has 0 spiro atoms. The Bertz CT molecular complexity index is 1270. The molecule has 0 radical (unpaired) electrons. The van der Waals surface area contributed by atoms with Crippen LogP contribution in [0.15, 0.2) is 91.0 Å². The highest BCUT2D eigenvalue weighted by Gasteiger charge is 2.44. The van der Waals surface area contributed by atoms with Crippen LogP contribution in [-0.4, -0.2) is 42.1 Å². The first-order valence-electron chi connectivity index (χ1n) is 15.4. The van der Waals surface area contributed by atoms with Crippen LogP contribution in [0.1, 0.15) is 65.7 Å². The van der Waals surface area contributed by atoms with Gasteiger partial charge in [0.05, 0.1) is 12.2 Å². The Labute approximate surface area is 263 Å². The van der Waals surface area contributed by atoms with Gasteiger partial charge in [-0.3, -0.25) is 9.59 Å². The molecular weight excluding hydrogens is 567 g/mol. The van der Waals surface area contributed by atoms with Gasteiger partial charge in [0.15, 0.2) is 5.78 Å². The van der Waals surface area contributed by atoms with Crippen molar-refractivity contribution in [3.8, 4) is 12.3 Å². The number of benzene rings is 3. The minimum Gasteiger partial charge on any atom is -0.444 e. The highest BCUT2D eigenvalue weighted by molar-refractivity contribution is 7.95. The third kappa shape index (κ3) is 10.6. The molecule has 0 unspecified atom stereocenters. The van der Waals surface area contributed by atoms with E-state index in [0.717, 1.165) is 6.16 Å². The summed E-state index contributed by atoms with van der Waals surface area (Å²) in [5, 5.41) is 9.58. The summed E-state index contributed by atoms with van der Waals surface area (Å²) < 4.78 is 5.27. The Morgan fingerprint density at radius 3 is 1.80 bits per heavy atom. The fourth-order valence-corrected chi connectivity index (χ4v) is 9.63. The van der Waals surface area contributed by atoms with Gasteiger partial charge >= 0.3 is 6.09 Å². The highest BCUT2D eigenvalue weighted by Crippen LogP contribution is 2.55. The molecule has 0 fully saturated rings. The van der Waals surface area contributed by atoms with Crippen molar-refractivity contribution >= 4 is 41.0 Å². The van der Waals surface area contributed by atoms with E-state index in [1.54, 1.807) is 0 Å². The number of amides is 2. The first-order chi connectivity index (χ1) is 21.2. The minimum absolute atomic E-state index is 0.0592. The maximum atomic E-state index is 13.3. The Kier molecular flexibility index (Phi) is 13.6. The zero-order valence-electron chi connectivity index (χ0n) is 26.3. The summed E-state index contributed by atoms with van der Waals surface area (Å²) in [4.78, 5) is 38.1. The van der Waals surface area contributed by atoms with E-state index in [1.165, 1.54) is 15.9 Å². The largest absolute Gasteiger partial charge is 0.444 e. The smallest absolute Gasteiger partial charge is 0.407 e. The molecule has 7 heteroatoms. The number of nitrogens with one attached hydrogen (secondary N) is 2. The molecule has 0 aliphatic carbocycles. The van der Waals surface area contributed by atoms with Crippen molar-refractivity contribution in [2.75, 3.05) is 12.7 Å². The third-order valence-corrected chi connectivity index (χ3v) is 11.8. The molecule has 0 saturated heterocycles. The molecule has 2 amide bonds. The van der Waals surface area contributed by atoms with Crippen LogP contribution in [0.5, 0.6) is 0 Å². The standard InChI is InChI=1S/C37H45N2O4P/c1-5-6-26-34(40)33(25-16-17-28-38-36(42)43-37(2,3)4)39-35(41)27-18-29-44(30-19-10-7-11-20-30,31-21-12-8-13-22-31)32-23-14-9-15-24-32/h1,7-15,19-24,33H,6,16-18,25-29H2,2-4H3,(H-,38,39,41,42)/p+1/t33-/m0/s1. The molecule has 3 rings (SSSR count). The lowest BCUT2D eigenvalue weighted by Crippen LogP contribution is -2.41. The molecule has 0 aliphatic rings. The van der Waals surface area contributed by atoms with Gasteiger partial charge in [-0.2, -0.15) is 0 Å². The van der Waals surface area contributed by atoms with Crippen molar-refractivity contribution < 1.29 is 19.1 Å². The van der Waals surface area contributed by atoms with Gasteiger partial charge in [-0.05, 0) is 82.9 Å². The Morgan fingerprint density at radius 1 is 0.795 bits per heavy atom. The molecule has 2 N–H and O–H groups in total. The first kappa shape index (κ1) is 34.5. The van der Waals surface area contributed by atoms with Gasteiger partial charge in [-0.15, -0.1) is 12.3 Å². The highest BCUT2D eigenvalue weighted by atomic mass is 31.2. The molecule has 0 aliphatic heterocycles. The zero-order chi connectivity index (χ0) is 31.8. The van der Waals surface area contributed by atoms with Crippen LogP contribution < -0.4 is 26.5 Å². The second kappa shape index (κ2) is 17.4. The molecule has 0 bridgehead atoms. The minimum atomic E-state index is -2.04. The van der Waals surface area contributed by atoms with Gasteiger partial charge < -0.3 is 15.4 Å². The second-order valence-corrected chi connectivity index (χ2v) is 15.5. The van der Waals surface area contributed by atoms with Crippen molar-refractivity contribution in [2.24, 2.45) is 0 Å². The lowest BCUT2D eigenvalue weighted by atomic mass is 10.0. The van der Waals surface area contributed by atoms with Gasteiger partial charge in [0.1, 0.15) is 28.8 Å². The maximum Gasteiger partial charge on any atom is 0.407 e. The number of Topliss-reactive ketones (excluding diaryl/α,β-unsaturated/α-hetero) is 1. The summed E-state index contributed by atoms with van der Waals surface area (Å²) in [6, 6.07) is 31.2. The van der Waals surface area contributed by atoms with Crippen LogP contribution in [0.25, 0.3) is 0 Å². The van der Waals surface area contributed by atoms with E-state index in [4.69, 9.17) is 11.2 Å². The summed E-state index contributed by atoms with van der Waals surface area (Å²) in [5.74, 6) is 2.33. The quantitative estimate of drug-likeness (QED) is 0.119. The number of alkyl carbamates (subject to hydrolysis) is 1. The number of unbranched alkanes of at least 4 members (excludes halogenated alkanes) is 1. The van der Waals surface area contributed by atoms with E-state index in [1.807, 2.05) is 39.0 Å². The van der Waals surface area contributed by atoms with E-state index in [-0.39, 0.29) is 18.1 Å². The van der Waals surface area contributed by atoms with Gasteiger partial charge in [0, 0.05) is 25.8 Å². The number of rotatable bonds is 16. The van der Waals surface area contributed by atoms with Crippen LogP contribution >= 0.6 is 7.26 Å². The predicted octanol–water partition coefficient (Wildman–Crippen LogP) is 5.92. The molecule has 0 heterocycles. The predicted molar refractivity (Wildman–Crippen MR) is 182 cm³/mol. The first-order valence-corrected chi connectivity index (χ1v) is 17.4. The fraction of sp³-hybridized carbons (Fsp3) is 0.378. The average Bonchev–Trinajstić information content (AvgIpc) is 3.01. The van der Waals surface area contributed by atoms with Crippen molar-refractivity contribution in [3.05, 3.63) is 91.0 Å². The van der Waals surface area contributed by atoms with Crippen LogP contribution in [0.4, 0.5) is 4.79 Å². The molecule has 232 valence electrons. The number of hydrogen-bond donors (Lipinski definition) is 2. The summed E-state index contributed by atoms with van der Waals surface area (Å²) in [5.41, 5.74) is -0.562. The number of terminal acetylenes is 1. The van der Waals surface area contributed by atoms with E-state index in [2.05, 4.69) is 89.4 Å². The van der Waals surface area contributed by atoms with E-state index in [0.29, 0.717) is 45.1 Å². The summed E-state index contributed by atoms with van der Waals surface area (Å²) in [6.07, 6.45) is 9.11. The van der Waals surface area contributed by atoms with Crippen molar-refractivity contribution in [3.63, 3.8) is 0 Å². The van der Waals surface area contributed by atoms with Gasteiger partial charge in [0.25, 0.3) is 0 Å². The number of ether oxygens (including phenoxy) is 1. The summed E-state index contributed by atoms with van der Waals surface area (Å²) in [6.45, 7) is 5.87. The maximum absolute atomic E-state index is 13.3. The average molecular weight is 614 g/mol. The third-order valence-electron chi connectivity index (χ3n) is 7.32. The van der Waals surface area contributed by atoms with Crippen LogP contribution in [-0.2, 0) is 14.3 Å². The van der Waals surface area contributed by atoms with Crippen molar-refractivity contribution in [1.82, 2.24) is 10.6 Å². The SMILES string of the molecule is C#CCCC(=O)[C@H](CCCCNC(=O)OC(C)(C)C)NC(=O)CCC[P+](c1ccccc1)(c1ccccc1)c1ccccc1. The summed E-state index contributed by atoms with van der Waals surface area (Å²) in [7, 11) is -2.04. The fourth-order valence-electron chi connectivity index (χ4n) is 5.29. The second-order valence-electron chi connectivity index (χ2n) is 11.9. The van der Waals surface area contributed by atoms with E-state index in [9.17, 15) is 14.4 Å². The van der Waals surface area contributed by atoms with Crippen molar-refractivity contribution in [2.45, 2.75) is 77.4 Å². The molecule has 0 saturated carbocycles. The molecule has 0 aromatic heterocycles. The molecule has 6 nitrogen and oxygen atoms in total. The van der Waals surface area contributed by atoms with E-state index >= 15 is 0 Å². The van der Waals surface area contributed by atoms with Crippen LogP contribution in [0.3, 0.4) is 0 Å². The number of carbonyl (C=O) groups is 3. The Hall–Kier alpha value is -3.94. The summed E-state index contributed by atoms with van der Waals surface area (Å²) >= 11 is 0. The van der Waals surface area contributed by atoms with Gasteiger partial charge in [0.2, 0.25) is 5.91 Å². The van der Waals surface area contributed by atoms with E-state index < -0.39 is 25.0 Å². The van der Waals surface area contributed by atoms with Gasteiger partial charge in [-0.25, -0.2) is 4.79 Å². The van der Waals surface area contributed by atoms with Crippen LogP contribution in [0, 0.1) is 12.3 Å². The number of ketones is 1. The molecule has 3 aromatic rings. The van der Waals surface area contributed by atoms with Crippen LogP contribution in [0.2, 0.25) is 0 Å². The zero-order valence-corrected chi connectivity index (χ0v) is 27.2. The molecule has 44 heavy (non-hydrogen) atoms.